The van der Waals surface area contributed by atoms with Gasteiger partial charge in [-0.05, 0) is 61.6 Å². The van der Waals surface area contributed by atoms with Crippen LogP contribution in [0.25, 0.3) is 0 Å². The van der Waals surface area contributed by atoms with E-state index in [-0.39, 0.29) is 17.5 Å². The maximum Gasteiger partial charge on any atom is 0.320 e. The molecule has 6 rings (SSSR count). The topological polar surface area (TPSA) is 61.9 Å². The molecule has 1 aromatic rings. The minimum atomic E-state index is -1.08. The predicted molar refractivity (Wildman–Crippen MR) is 114 cm³/mol. The van der Waals surface area contributed by atoms with Crippen molar-refractivity contribution in [3.8, 4) is 0 Å². The number of hydrogen-bond acceptors (Lipinski definition) is 3. The molecule has 1 aromatic carbocycles. The molecule has 1 saturated heterocycles. The molecule has 0 spiro atoms. The second kappa shape index (κ2) is 7.76. The highest BCUT2D eigenvalue weighted by Gasteiger charge is 2.58. The molecule has 0 radical (unpaired) electrons. The fourth-order valence-corrected chi connectivity index (χ4v) is 6.71. The highest BCUT2D eigenvalue weighted by atomic mass is 19.1. The lowest BCUT2D eigenvalue weighted by Crippen LogP contribution is -2.64. The predicted octanol–water partition coefficient (Wildman–Crippen LogP) is 3.36. The molecule has 1 aliphatic heterocycles. The number of rotatable bonds is 4. The number of carbonyl (C=O) groups is 2. The monoisotopic (exact) mass is 429 g/mol. The van der Waals surface area contributed by atoms with Gasteiger partial charge < -0.3 is 19.9 Å². The first-order chi connectivity index (χ1) is 14.8. The van der Waals surface area contributed by atoms with Gasteiger partial charge in [-0.2, -0.15) is 0 Å². The van der Waals surface area contributed by atoms with Crippen LogP contribution in [0.5, 0.6) is 0 Å². The molecule has 0 aromatic heterocycles. The van der Waals surface area contributed by atoms with Gasteiger partial charge in [0.25, 0.3) is 5.91 Å². The van der Waals surface area contributed by atoms with Crippen molar-refractivity contribution in [3.63, 3.8) is 0 Å². The number of nitrogens with one attached hydrogen (secondary N) is 1. The van der Waals surface area contributed by atoms with Crippen molar-refractivity contribution >= 4 is 11.9 Å². The molecule has 6 nitrogen and oxygen atoms in total. The maximum atomic E-state index is 15.2. The van der Waals surface area contributed by atoms with Crippen LogP contribution in [0.1, 0.15) is 54.4 Å². The first-order valence-corrected chi connectivity index (χ1v) is 11.5. The van der Waals surface area contributed by atoms with Crippen LogP contribution in [-0.2, 0) is 11.3 Å². The Kier molecular flexibility index (Phi) is 5.19. The molecule has 1 N–H and O–H groups in total. The van der Waals surface area contributed by atoms with Gasteiger partial charge in [-0.1, -0.05) is 12.1 Å². The molecule has 31 heavy (non-hydrogen) atoms. The lowest BCUT2D eigenvalue weighted by molar-refractivity contribution is -0.0937. The molecule has 168 valence electrons. The Bertz CT molecular complexity index is 838. The van der Waals surface area contributed by atoms with E-state index in [1.54, 1.807) is 16.8 Å². The third kappa shape index (κ3) is 4.16. The van der Waals surface area contributed by atoms with E-state index < -0.39 is 5.67 Å². The molecule has 4 aliphatic carbocycles. The molecule has 2 unspecified atom stereocenters. The summed E-state index contributed by atoms with van der Waals surface area (Å²) in [6.07, 6.45) is 4.75. The van der Waals surface area contributed by atoms with Gasteiger partial charge in [-0.25, -0.2) is 9.18 Å². The molecule has 3 amide bonds. The second-order valence-electron chi connectivity index (χ2n) is 10.3. The van der Waals surface area contributed by atoms with E-state index in [1.807, 2.05) is 24.3 Å². The Morgan fingerprint density at radius 3 is 2.39 bits per heavy atom. The number of halogens is 1. The third-order valence-corrected chi connectivity index (χ3v) is 7.61. The summed E-state index contributed by atoms with van der Waals surface area (Å²) in [5, 5.41) is 3.23. The van der Waals surface area contributed by atoms with Crippen molar-refractivity contribution in [2.45, 2.75) is 56.3 Å². The smallest absolute Gasteiger partial charge is 0.320 e. The fourth-order valence-electron chi connectivity index (χ4n) is 6.71. The number of benzene rings is 1. The summed E-state index contributed by atoms with van der Waals surface area (Å²) in [4.78, 5) is 29.0. The standard InChI is InChI=1S/C24H32FN3O3/c1-27(22(30)28-6-8-31-9-7-28)15-17-2-4-20(5-3-17)21(29)26-24-13-18-10-19(14-24)12-23(25,11-18)16-24/h2-5,18-19H,6-16H2,1H3,(H,26,29). The number of ether oxygens (including phenoxy) is 1. The Balaban J connectivity index is 1.20. The van der Waals surface area contributed by atoms with Crippen LogP contribution in [0, 0.1) is 11.8 Å². The molecule has 4 saturated carbocycles. The molecular formula is C24H32FN3O3. The van der Waals surface area contributed by atoms with Gasteiger partial charge >= 0.3 is 6.03 Å². The molecular weight excluding hydrogens is 397 g/mol. The highest BCUT2D eigenvalue weighted by molar-refractivity contribution is 5.94. The third-order valence-electron chi connectivity index (χ3n) is 7.61. The van der Waals surface area contributed by atoms with Crippen LogP contribution in [-0.4, -0.2) is 66.3 Å². The Morgan fingerprint density at radius 2 is 1.77 bits per heavy atom. The lowest BCUT2D eigenvalue weighted by Gasteiger charge is -2.59. The summed E-state index contributed by atoms with van der Waals surface area (Å²) in [5.74, 6) is 0.705. The summed E-state index contributed by atoms with van der Waals surface area (Å²) in [6.45, 7) is 2.87. The largest absolute Gasteiger partial charge is 0.378 e. The van der Waals surface area contributed by atoms with Gasteiger partial charge in [0.05, 0.1) is 13.2 Å². The minimum absolute atomic E-state index is 0.00733. The Hall–Kier alpha value is -2.15. The van der Waals surface area contributed by atoms with Crippen molar-refractivity contribution in [3.05, 3.63) is 35.4 Å². The summed E-state index contributed by atoms with van der Waals surface area (Å²) < 4.78 is 20.5. The maximum absolute atomic E-state index is 15.2. The number of urea groups is 1. The average molecular weight is 430 g/mol. The van der Waals surface area contributed by atoms with Gasteiger partial charge in [0, 0.05) is 44.2 Å². The number of amides is 3. The number of morpholine rings is 1. The molecule has 7 heteroatoms. The highest BCUT2D eigenvalue weighted by Crippen LogP contribution is 2.59. The lowest BCUT2D eigenvalue weighted by atomic mass is 9.51. The van der Waals surface area contributed by atoms with Crippen LogP contribution in [0.2, 0.25) is 0 Å². The van der Waals surface area contributed by atoms with Crippen molar-refractivity contribution in [1.82, 2.24) is 15.1 Å². The van der Waals surface area contributed by atoms with Crippen molar-refractivity contribution in [1.29, 1.82) is 0 Å². The first-order valence-electron chi connectivity index (χ1n) is 11.5. The SMILES string of the molecule is CN(Cc1ccc(C(=O)NC23CC4CC(CC(F)(C4)C2)C3)cc1)C(=O)N1CCOCC1. The number of alkyl halides is 1. The van der Waals surface area contributed by atoms with Gasteiger partial charge in [0.1, 0.15) is 5.67 Å². The molecule has 5 aliphatic rings. The van der Waals surface area contributed by atoms with Crippen molar-refractivity contribution in [2.24, 2.45) is 11.8 Å². The normalized spacial score (nSPS) is 33.9. The van der Waals surface area contributed by atoms with E-state index in [0.717, 1.165) is 24.8 Å². The quantitative estimate of drug-likeness (QED) is 0.798. The Morgan fingerprint density at radius 1 is 1.13 bits per heavy atom. The number of nitrogens with zero attached hydrogens (tertiary/aromatic N) is 2. The van der Waals surface area contributed by atoms with Crippen molar-refractivity contribution in [2.75, 3.05) is 33.4 Å². The van der Waals surface area contributed by atoms with Gasteiger partial charge in [0.15, 0.2) is 0 Å². The summed E-state index contributed by atoms with van der Waals surface area (Å²) in [7, 11) is 1.79. The number of carbonyl (C=O) groups excluding carboxylic acids is 2. The van der Waals surface area contributed by atoms with E-state index in [0.29, 0.717) is 69.5 Å². The Labute approximate surface area is 183 Å². The fraction of sp³-hybridized carbons (Fsp3) is 0.667. The van der Waals surface area contributed by atoms with E-state index in [9.17, 15) is 9.59 Å². The summed E-state index contributed by atoms with van der Waals surface area (Å²) in [6, 6.07) is 7.40. The van der Waals surface area contributed by atoms with E-state index in [4.69, 9.17) is 4.74 Å². The van der Waals surface area contributed by atoms with Crippen LogP contribution in [0.3, 0.4) is 0 Å². The van der Waals surface area contributed by atoms with Gasteiger partial charge in [-0.3, -0.25) is 4.79 Å². The summed E-state index contributed by atoms with van der Waals surface area (Å²) in [5.41, 5.74) is 0.103. The van der Waals surface area contributed by atoms with Gasteiger partial charge in [0.2, 0.25) is 0 Å². The average Bonchev–Trinajstić information content (AvgIpc) is 2.72. The number of hydrogen-bond donors (Lipinski definition) is 1. The van der Waals surface area contributed by atoms with E-state index in [2.05, 4.69) is 5.32 Å². The van der Waals surface area contributed by atoms with E-state index in [1.165, 1.54) is 0 Å². The zero-order valence-electron chi connectivity index (χ0n) is 18.2. The molecule has 1 heterocycles. The van der Waals surface area contributed by atoms with Crippen LogP contribution >= 0.6 is 0 Å². The van der Waals surface area contributed by atoms with Crippen LogP contribution < -0.4 is 5.32 Å². The molecule has 4 bridgehead atoms. The zero-order chi connectivity index (χ0) is 21.6. The molecule has 5 fully saturated rings. The minimum Gasteiger partial charge on any atom is -0.378 e. The first kappa shape index (κ1) is 20.7. The van der Waals surface area contributed by atoms with Crippen molar-refractivity contribution < 1.29 is 18.7 Å². The van der Waals surface area contributed by atoms with Crippen LogP contribution in [0.4, 0.5) is 9.18 Å². The molecule has 2 atom stereocenters. The summed E-state index contributed by atoms with van der Waals surface area (Å²) >= 11 is 0. The van der Waals surface area contributed by atoms with E-state index >= 15 is 4.39 Å². The van der Waals surface area contributed by atoms with Gasteiger partial charge in [-0.15, -0.1) is 0 Å². The second-order valence-corrected chi connectivity index (χ2v) is 10.3. The van der Waals surface area contributed by atoms with Crippen LogP contribution in [0.15, 0.2) is 24.3 Å². The zero-order valence-corrected chi connectivity index (χ0v) is 18.2.